The number of phenols is 2. The van der Waals surface area contributed by atoms with Crippen LogP contribution in [0.25, 0.3) is 34.0 Å². The molecule has 22 nitrogen and oxygen atoms in total. The maximum atomic E-state index is 14.7. The van der Waals surface area contributed by atoms with Crippen LogP contribution in [0.4, 0.5) is 5.82 Å². The van der Waals surface area contributed by atoms with Gasteiger partial charge in [-0.1, -0.05) is 47.6 Å². The third kappa shape index (κ3) is 9.94. The van der Waals surface area contributed by atoms with Gasteiger partial charge in [-0.05, 0) is 107 Å². The highest BCUT2D eigenvalue weighted by Gasteiger charge is 2.61. The van der Waals surface area contributed by atoms with Crippen LogP contribution in [-0.2, 0) is 49.1 Å². The van der Waals surface area contributed by atoms with Crippen LogP contribution in [-0.4, -0.2) is 138 Å². The fraction of sp³-hybridized carbons (Fsp3) is 0.381. The first-order chi connectivity index (χ1) is 41.7. The highest BCUT2D eigenvalue weighted by molar-refractivity contribution is 7.99. The molecule has 0 radical (unpaired) electrons. The Morgan fingerprint density at radius 2 is 1.67 bits per heavy atom. The van der Waals surface area contributed by atoms with Crippen molar-refractivity contribution in [3.05, 3.63) is 129 Å². The number of carbonyl (C=O) groups is 2. The smallest absolute Gasteiger partial charge is 0.331 e. The second kappa shape index (κ2) is 23.0. The van der Waals surface area contributed by atoms with E-state index < -0.39 is 62.2 Å². The Morgan fingerprint density at radius 1 is 0.943 bits per heavy atom. The number of ether oxygens (including phenoxy) is 6. The first-order valence-corrected chi connectivity index (χ1v) is 31.1. The van der Waals surface area contributed by atoms with E-state index in [1.165, 1.54) is 38.5 Å². The molecule has 456 valence electrons. The zero-order valence-electron chi connectivity index (χ0n) is 49.5. The Labute approximate surface area is 507 Å². The number of nitrogen functional groups attached to an aromatic ring is 1. The van der Waals surface area contributed by atoms with Crippen LogP contribution in [0.5, 0.6) is 40.2 Å². The topological polar surface area (TPSA) is 293 Å². The van der Waals surface area contributed by atoms with Crippen molar-refractivity contribution in [1.29, 1.82) is 0 Å². The van der Waals surface area contributed by atoms with Crippen molar-refractivity contribution in [2.24, 2.45) is 0 Å². The van der Waals surface area contributed by atoms with Crippen molar-refractivity contribution in [3.63, 3.8) is 0 Å². The minimum absolute atomic E-state index is 0.0226. The summed E-state index contributed by atoms with van der Waals surface area (Å²) in [7, 11) is 3.51. The molecule has 87 heavy (non-hydrogen) atoms. The van der Waals surface area contributed by atoms with Crippen LogP contribution in [0.2, 0.25) is 0 Å². The average molecular weight is 1230 g/mol. The molecule has 0 saturated carbocycles. The Morgan fingerprint density at radius 3 is 2.37 bits per heavy atom. The summed E-state index contributed by atoms with van der Waals surface area (Å²) < 4.78 is 66.2. The van der Waals surface area contributed by atoms with Gasteiger partial charge in [-0.2, -0.15) is 0 Å². The van der Waals surface area contributed by atoms with Crippen LogP contribution >= 0.6 is 11.8 Å². The monoisotopic (exact) mass is 1220 g/mol. The Balaban J connectivity index is 0.000000192. The molecule has 7 aromatic rings. The molecule has 7 atom stereocenters. The van der Waals surface area contributed by atoms with Crippen molar-refractivity contribution in [2.75, 3.05) is 59.7 Å². The van der Waals surface area contributed by atoms with Gasteiger partial charge >= 0.3 is 11.9 Å². The van der Waals surface area contributed by atoms with Crippen molar-refractivity contribution in [3.8, 4) is 74.2 Å². The quantitative estimate of drug-likeness (QED) is 0.0576. The lowest BCUT2D eigenvalue weighted by molar-refractivity contribution is -0.186. The molecule has 24 heteroatoms. The van der Waals surface area contributed by atoms with Gasteiger partial charge < -0.3 is 59.3 Å². The molecule has 7 aliphatic rings. The van der Waals surface area contributed by atoms with Gasteiger partial charge in [0.1, 0.15) is 24.3 Å². The molecule has 0 amide bonds. The molecular formula is C63H68N8O14S2. The molecule has 7 N–H and O–H groups in total. The van der Waals surface area contributed by atoms with E-state index in [0.29, 0.717) is 98.6 Å². The largest absolute Gasteiger partial charge is 0.504 e. The number of esters is 2. The molecule has 2 saturated heterocycles. The molecule has 1 spiro atoms. The number of piperazine rings is 1. The number of nitrogens with two attached hydrogens (primary N) is 1. The molecule has 5 aromatic carbocycles. The number of methoxy groups -OCH3 is 2. The van der Waals surface area contributed by atoms with Crippen LogP contribution in [0, 0.1) is 13.8 Å². The fourth-order valence-corrected chi connectivity index (χ4v) is 16.1. The molecule has 0 aliphatic carbocycles. The number of thioether (sulfide) groups is 1. The van der Waals surface area contributed by atoms with E-state index in [-0.39, 0.29) is 53.2 Å². The van der Waals surface area contributed by atoms with Gasteiger partial charge in [0.2, 0.25) is 6.79 Å². The van der Waals surface area contributed by atoms with Gasteiger partial charge in [0.15, 0.2) is 67.1 Å². The number of aliphatic hydroxyl groups excluding tert-OH is 1. The fourth-order valence-electron chi connectivity index (χ4n) is 13.3. The van der Waals surface area contributed by atoms with E-state index in [1.54, 1.807) is 62.5 Å². The molecule has 4 bridgehead atoms. The van der Waals surface area contributed by atoms with Gasteiger partial charge in [0, 0.05) is 71.3 Å². The van der Waals surface area contributed by atoms with Crippen LogP contribution in [0.1, 0.15) is 88.2 Å². The van der Waals surface area contributed by atoms with Crippen molar-refractivity contribution in [1.82, 2.24) is 35.6 Å². The highest BCUT2D eigenvalue weighted by atomic mass is 32.2. The van der Waals surface area contributed by atoms with Crippen molar-refractivity contribution in [2.45, 2.75) is 105 Å². The molecule has 7 unspecified atom stereocenters. The number of fused-ring (bicyclic) bond motifs is 9. The van der Waals surface area contributed by atoms with Crippen LogP contribution in [0.3, 0.4) is 0 Å². The summed E-state index contributed by atoms with van der Waals surface area (Å²) in [5.74, 6) is 1.56. The number of hydrogen-bond acceptors (Lipinski definition) is 23. The molecule has 7 aliphatic heterocycles. The predicted octanol–water partition coefficient (Wildman–Crippen LogP) is 7.36. The number of sulfone groups is 1. The average Bonchev–Trinajstić information content (AvgIpc) is 0.982. The second-order valence-electron chi connectivity index (χ2n) is 22.8. The first-order valence-electron chi connectivity index (χ1n) is 28.5. The van der Waals surface area contributed by atoms with Gasteiger partial charge in [-0.15, -0.1) is 11.8 Å². The highest BCUT2D eigenvalue weighted by Crippen LogP contribution is 2.64. The van der Waals surface area contributed by atoms with Gasteiger partial charge in [0.05, 0.1) is 59.6 Å². The number of aryl methyl sites for hydroxylation is 1. The SMILES string of the molecule is CNCc1ccc(-c2cc(-c3nc(-c4ccc(S(=O)(=O)C(C)C)cc4)cnc3N)on2)cc1.COc1cc2c(cc1O)CCNC21CSC2c3c(OC(C)=O)c(C)c4c(c3C(COC1=O)N1C(O)C3Cc5cc(C)c(OC)c(O)c5C(C21)N3C)OCO4. The van der Waals surface area contributed by atoms with E-state index in [0.717, 1.165) is 28.8 Å². The normalized spacial score (nSPS) is 22.7. The predicted molar refractivity (Wildman–Crippen MR) is 322 cm³/mol. The van der Waals surface area contributed by atoms with E-state index in [2.05, 4.69) is 30.7 Å². The molecule has 14 rings (SSSR count). The second-order valence-corrected chi connectivity index (χ2v) is 26.5. The van der Waals surface area contributed by atoms with E-state index >= 15 is 0 Å². The van der Waals surface area contributed by atoms with E-state index in [9.17, 15) is 33.3 Å². The number of benzene rings is 5. The van der Waals surface area contributed by atoms with Crippen LogP contribution < -0.4 is 40.1 Å². The summed E-state index contributed by atoms with van der Waals surface area (Å²) in [5.41, 5.74) is 14.8. The number of phenolic OH excluding ortho intramolecular Hbond substituents is 2. The van der Waals surface area contributed by atoms with Crippen molar-refractivity contribution >= 4 is 39.4 Å². The number of likely N-dealkylation sites (N-methyl/N-ethyl adjacent to an activating group) is 1. The minimum atomic E-state index is -3.35. The Bertz CT molecular complexity index is 3990. The Kier molecular flexibility index (Phi) is 15.7. The summed E-state index contributed by atoms with van der Waals surface area (Å²) in [4.78, 5) is 40.8. The van der Waals surface area contributed by atoms with E-state index in [4.69, 9.17) is 38.7 Å². The van der Waals surface area contributed by atoms with Gasteiger partial charge in [-0.3, -0.25) is 19.9 Å². The lowest BCUT2D eigenvalue weighted by Gasteiger charge is -2.62. The third-order valence-corrected chi connectivity index (χ3v) is 21.2. The zero-order chi connectivity index (χ0) is 61.5. The van der Waals surface area contributed by atoms with E-state index in [1.807, 2.05) is 63.2 Å². The number of rotatable bonds is 10. The number of aromatic hydroxyl groups is 2. The minimum Gasteiger partial charge on any atom is -0.504 e. The number of nitrogens with zero attached hydrogens (tertiary/aromatic N) is 5. The van der Waals surface area contributed by atoms with Crippen LogP contribution in [0.15, 0.2) is 88.4 Å². The summed E-state index contributed by atoms with van der Waals surface area (Å²) in [6, 6.07) is 19.5. The molecule has 2 aromatic heterocycles. The number of hydrogen-bond donors (Lipinski definition) is 6. The maximum absolute atomic E-state index is 14.7. The standard InChI is InChI=1S/C39H43N3O11S.C24H25N5O3S/c1-16-9-20-10-22-37(46)42-23-13-50-38(47)39(21-12-25(48-5)24(44)11-19(21)7-8-40-39)14-54-36(30(42)29(41(22)4)26(20)31(45)32(16)49-6)28-27(23)35-34(51-15-52-35)17(2)33(28)53-18(3)43;1-15(2)33(30,31)19-10-8-18(9-11-19)21-14-27-24(25)23(28-21)22-12-20(29-32-22)17-6-4-16(5-7-17)13-26-3/h9,11-12,22-23,29-30,36-37,40,44-46H,7-8,10,13-15H2,1-6H3;4-12,14-15,26H,13H2,1-3H3,(H2,25,27). The number of carbonyl (C=O) groups excluding carboxylic acids is 2. The number of aliphatic hydroxyl groups is 1. The first kappa shape index (κ1) is 59.4. The lowest BCUT2D eigenvalue weighted by atomic mass is 9.73. The maximum Gasteiger partial charge on any atom is 0.331 e. The number of aromatic nitrogens is 3. The third-order valence-electron chi connectivity index (χ3n) is 17.5. The van der Waals surface area contributed by atoms with Gasteiger partial charge in [-0.25, -0.2) is 23.2 Å². The summed E-state index contributed by atoms with van der Waals surface area (Å²) >= 11 is 1.47. The molecular weight excluding hydrogens is 1160 g/mol. The summed E-state index contributed by atoms with van der Waals surface area (Å²) in [6.45, 7) is 9.36. The zero-order valence-corrected chi connectivity index (χ0v) is 51.1. The Hall–Kier alpha value is -7.97. The van der Waals surface area contributed by atoms with Crippen molar-refractivity contribution < 1.29 is 66.3 Å². The number of anilines is 1. The summed E-state index contributed by atoms with van der Waals surface area (Å²) in [6.07, 6.45) is 1.52. The number of nitrogens with one attached hydrogen (secondary N) is 2. The molecule has 9 heterocycles. The lowest BCUT2D eigenvalue weighted by Crippen LogP contribution is -2.70. The van der Waals surface area contributed by atoms with Gasteiger partial charge in [0.25, 0.3) is 0 Å². The summed E-state index contributed by atoms with van der Waals surface area (Å²) in [5, 5.41) is 45.0. The molecule has 2 fully saturated rings.